The van der Waals surface area contributed by atoms with Crippen LogP contribution in [0.2, 0.25) is 0 Å². The lowest BCUT2D eigenvalue weighted by atomic mass is 10.0. The lowest BCUT2D eigenvalue weighted by Gasteiger charge is -2.14. The Kier molecular flexibility index (Phi) is 3.29. The molecule has 1 aromatic rings. The Labute approximate surface area is 106 Å². The van der Waals surface area contributed by atoms with Gasteiger partial charge in [-0.1, -0.05) is 18.1 Å². The third-order valence-corrected chi connectivity index (χ3v) is 2.96. The third-order valence-electron chi connectivity index (χ3n) is 2.96. The number of terminal acetylenes is 1. The van der Waals surface area contributed by atoms with Gasteiger partial charge in [-0.2, -0.15) is 0 Å². The van der Waals surface area contributed by atoms with E-state index in [0.717, 1.165) is 0 Å². The molecule has 0 N–H and O–H groups in total. The Morgan fingerprint density at radius 2 is 2.28 bits per heavy atom. The molecule has 1 aliphatic rings. The number of rotatable bonds is 3. The average Bonchev–Trinajstić information content (AvgIpc) is 2.65. The molecule has 3 heteroatoms. The van der Waals surface area contributed by atoms with Gasteiger partial charge in [-0.25, -0.2) is 0 Å². The zero-order chi connectivity index (χ0) is 13.1. The molecule has 1 saturated heterocycles. The molecule has 0 aliphatic carbocycles. The lowest BCUT2D eigenvalue weighted by molar-refractivity contribution is -0.122. The molecule has 0 aromatic heterocycles. The number of carbonyl (C=O) groups is 2. The highest BCUT2D eigenvalue weighted by molar-refractivity contribution is 6.21. The van der Waals surface area contributed by atoms with Crippen LogP contribution in [0.4, 0.5) is 5.69 Å². The summed E-state index contributed by atoms with van der Waals surface area (Å²) in [6.45, 7) is 3.60. The number of nitrogens with zero attached hydrogens (tertiary/aromatic N) is 1. The number of anilines is 1. The van der Waals surface area contributed by atoms with Crippen LogP contribution in [0.25, 0.3) is 0 Å². The summed E-state index contributed by atoms with van der Waals surface area (Å²) in [4.78, 5) is 25.2. The molecule has 0 spiro atoms. The normalized spacial score (nSPS) is 18.8. The van der Waals surface area contributed by atoms with Crippen molar-refractivity contribution in [2.75, 3.05) is 4.90 Å². The summed E-state index contributed by atoms with van der Waals surface area (Å²) in [5.74, 6) is 1.85. The Morgan fingerprint density at radius 3 is 2.94 bits per heavy atom. The van der Waals surface area contributed by atoms with Crippen molar-refractivity contribution < 1.29 is 9.59 Å². The van der Waals surface area contributed by atoms with Crippen molar-refractivity contribution >= 4 is 17.5 Å². The van der Waals surface area contributed by atoms with Crippen molar-refractivity contribution in [3.8, 4) is 12.3 Å². The van der Waals surface area contributed by atoms with E-state index < -0.39 is 0 Å². The second kappa shape index (κ2) is 4.89. The summed E-state index contributed by atoms with van der Waals surface area (Å²) in [6, 6.07) is 6.89. The highest BCUT2D eigenvalue weighted by Gasteiger charge is 2.38. The van der Waals surface area contributed by atoms with Crippen molar-refractivity contribution in [1.82, 2.24) is 0 Å². The number of amides is 2. The van der Waals surface area contributed by atoms with Gasteiger partial charge in [0.25, 0.3) is 0 Å². The van der Waals surface area contributed by atoms with Gasteiger partial charge in [0.05, 0.1) is 11.6 Å². The summed E-state index contributed by atoms with van der Waals surface area (Å²) in [5, 5.41) is 0. The van der Waals surface area contributed by atoms with Gasteiger partial charge in [0.2, 0.25) is 11.8 Å². The highest BCUT2D eigenvalue weighted by atomic mass is 16.2. The molecule has 1 aliphatic heterocycles. The number of allylic oxidation sites excluding steroid dienone is 1. The fraction of sp³-hybridized carbons (Fsp3) is 0.200. The van der Waals surface area contributed by atoms with Gasteiger partial charge in [-0.15, -0.1) is 13.0 Å². The molecule has 0 bridgehead atoms. The predicted octanol–water partition coefficient (Wildman–Crippen LogP) is 2.12. The van der Waals surface area contributed by atoms with Crippen molar-refractivity contribution in [3.05, 3.63) is 42.5 Å². The largest absolute Gasteiger partial charge is 0.274 e. The monoisotopic (exact) mass is 239 g/mol. The first-order valence-electron chi connectivity index (χ1n) is 5.71. The number of carbonyl (C=O) groups excluding carboxylic acids is 2. The lowest BCUT2D eigenvalue weighted by Crippen LogP contribution is -2.30. The van der Waals surface area contributed by atoms with Gasteiger partial charge in [-0.3, -0.25) is 14.5 Å². The van der Waals surface area contributed by atoms with E-state index in [9.17, 15) is 9.59 Å². The Hall–Kier alpha value is -2.34. The van der Waals surface area contributed by atoms with Gasteiger partial charge in [-0.05, 0) is 24.6 Å². The molecule has 1 aromatic carbocycles. The van der Waals surface area contributed by atoms with E-state index in [1.165, 1.54) is 4.90 Å². The molecule has 90 valence electrons. The number of hydrogen-bond acceptors (Lipinski definition) is 2. The second-order valence-corrected chi connectivity index (χ2v) is 4.19. The maximum absolute atomic E-state index is 12.1. The minimum absolute atomic E-state index is 0.172. The first kappa shape index (κ1) is 12.1. The average molecular weight is 239 g/mol. The summed E-state index contributed by atoms with van der Waals surface area (Å²) < 4.78 is 0. The molecule has 1 atom stereocenters. The van der Waals surface area contributed by atoms with Crippen LogP contribution in [-0.2, 0) is 9.59 Å². The second-order valence-electron chi connectivity index (χ2n) is 4.19. The van der Waals surface area contributed by atoms with E-state index in [4.69, 9.17) is 6.42 Å². The first-order valence-corrected chi connectivity index (χ1v) is 5.71. The topological polar surface area (TPSA) is 37.4 Å². The SMILES string of the molecule is C#Cc1cccc(N2C(=O)C[C@H](CC=C)C2=O)c1. The van der Waals surface area contributed by atoms with Gasteiger partial charge in [0.15, 0.2) is 0 Å². The summed E-state index contributed by atoms with van der Waals surface area (Å²) in [7, 11) is 0. The van der Waals surface area contributed by atoms with Gasteiger partial charge in [0, 0.05) is 12.0 Å². The summed E-state index contributed by atoms with van der Waals surface area (Å²) >= 11 is 0. The zero-order valence-electron chi connectivity index (χ0n) is 9.93. The highest BCUT2D eigenvalue weighted by Crippen LogP contribution is 2.28. The Morgan fingerprint density at radius 1 is 1.50 bits per heavy atom. The predicted molar refractivity (Wildman–Crippen MR) is 69.8 cm³/mol. The van der Waals surface area contributed by atoms with Crippen LogP contribution in [0.1, 0.15) is 18.4 Å². The van der Waals surface area contributed by atoms with E-state index in [0.29, 0.717) is 17.7 Å². The minimum atomic E-state index is -0.288. The number of imide groups is 1. The van der Waals surface area contributed by atoms with Crippen LogP contribution in [0, 0.1) is 18.3 Å². The standard InChI is InChI=1S/C15H13NO2/c1-3-6-12-10-14(17)16(15(12)18)13-8-5-7-11(4-2)9-13/h2-3,5,7-9,12H,1,6,10H2/t12-/m0/s1. The molecule has 0 radical (unpaired) electrons. The fourth-order valence-electron chi connectivity index (χ4n) is 2.09. The van der Waals surface area contributed by atoms with Crippen LogP contribution in [0.15, 0.2) is 36.9 Å². The van der Waals surface area contributed by atoms with Gasteiger partial charge < -0.3 is 0 Å². The van der Waals surface area contributed by atoms with E-state index in [2.05, 4.69) is 12.5 Å². The summed E-state index contributed by atoms with van der Waals surface area (Å²) in [5.41, 5.74) is 1.20. The maximum atomic E-state index is 12.1. The van der Waals surface area contributed by atoms with Crippen molar-refractivity contribution in [3.63, 3.8) is 0 Å². The molecule has 2 amide bonds. The first-order chi connectivity index (χ1) is 8.67. The van der Waals surface area contributed by atoms with E-state index in [-0.39, 0.29) is 24.2 Å². The summed E-state index contributed by atoms with van der Waals surface area (Å²) in [6.07, 6.45) is 7.74. The van der Waals surface area contributed by atoms with Gasteiger partial charge in [0.1, 0.15) is 0 Å². The molecule has 1 fully saturated rings. The van der Waals surface area contributed by atoms with Crippen molar-refractivity contribution in [2.24, 2.45) is 5.92 Å². The van der Waals surface area contributed by atoms with E-state index in [1.54, 1.807) is 30.3 Å². The zero-order valence-corrected chi connectivity index (χ0v) is 9.93. The molecule has 0 saturated carbocycles. The van der Waals surface area contributed by atoms with Crippen LogP contribution < -0.4 is 4.90 Å². The van der Waals surface area contributed by atoms with Crippen LogP contribution in [-0.4, -0.2) is 11.8 Å². The molecule has 2 rings (SSSR count). The van der Waals surface area contributed by atoms with Crippen LogP contribution >= 0.6 is 0 Å². The van der Waals surface area contributed by atoms with Crippen molar-refractivity contribution in [1.29, 1.82) is 0 Å². The van der Waals surface area contributed by atoms with Crippen LogP contribution in [0.3, 0.4) is 0 Å². The van der Waals surface area contributed by atoms with E-state index in [1.807, 2.05) is 0 Å². The van der Waals surface area contributed by atoms with E-state index >= 15 is 0 Å². The molecular formula is C15H13NO2. The van der Waals surface area contributed by atoms with Crippen molar-refractivity contribution in [2.45, 2.75) is 12.8 Å². The molecule has 3 nitrogen and oxygen atoms in total. The molecule has 1 heterocycles. The quantitative estimate of drug-likeness (QED) is 0.460. The molecule has 18 heavy (non-hydrogen) atoms. The minimum Gasteiger partial charge on any atom is -0.274 e. The van der Waals surface area contributed by atoms with Crippen LogP contribution in [0.5, 0.6) is 0 Å². The van der Waals surface area contributed by atoms with Gasteiger partial charge >= 0.3 is 0 Å². The third kappa shape index (κ3) is 2.05. The number of hydrogen-bond donors (Lipinski definition) is 0. The fourth-order valence-corrected chi connectivity index (χ4v) is 2.09. The molecule has 0 unspecified atom stereocenters. The smallest absolute Gasteiger partial charge is 0.237 e. The molecular weight excluding hydrogens is 226 g/mol. The maximum Gasteiger partial charge on any atom is 0.237 e. The Bertz CT molecular complexity index is 554. The Balaban J connectivity index is 2.33. The number of benzene rings is 1.